The Kier molecular flexibility index (Phi) is 4.57. The van der Waals surface area contributed by atoms with Crippen LogP contribution in [-0.4, -0.2) is 11.9 Å². The first kappa shape index (κ1) is 14.8. The van der Waals surface area contributed by atoms with Crippen molar-refractivity contribution < 1.29 is 13.6 Å². The smallest absolute Gasteiger partial charge is 0.251 e. The zero-order valence-electron chi connectivity index (χ0n) is 11.6. The molecule has 2 unspecified atom stereocenters. The molecule has 1 aliphatic carbocycles. The molecule has 3 nitrogen and oxygen atoms in total. The topological polar surface area (TPSA) is 55.1 Å². The summed E-state index contributed by atoms with van der Waals surface area (Å²) < 4.78 is 27.2. The van der Waals surface area contributed by atoms with E-state index in [0.717, 1.165) is 25.7 Å². The summed E-state index contributed by atoms with van der Waals surface area (Å²) in [4.78, 5) is 11.1. The number of hydrogen-bond donors (Lipinski definition) is 2. The molecular weight excluding hydrogens is 262 g/mol. The van der Waals surface area contributed by atoms with Crippen molar-refractivity contribution in [2.24, 2.45) is 11.7 Å². The van der Waals surface area contributed by atoms with E-state index in [1.165, 1.54) is 12.5 Å². The largest absolute Gasteiger partial charge is 0.380 e. The summed E-state index contributed by atoms with van der Waals surface area (Å²) in [5, 5.41) is 3.08. The van der Waals surface area contributed by atoms with Gasteiger partial charge in [0.05, 0.1) is 11.3 Å². The molecule has 1 fully saturated rings. The lowest BCUT2D eigenvalue weighted by Crippen LogP contribution is -2.21. The summed E-state index contributed by atoms with van der Waals surface area (Å²) in [7, 11) is 0. The number of rotatable bonds is 3. The van der Waals surface area contributed by atoms with Crippen LogP contribution in [0, 0.1) is 17.6 Å². The van der Waals surface area contributed by atoms with Crippen LogP contribution in [0.4, 0.5) is 14.5 Å². The normalized spacial score (nSPS) is 23.1. The van der Waals surface area contributed by atoms with E-state index < -0.39 is 17.5 Å². The summed E-state index contributed by atoms with van der Waals surface area (Å²) in [6, 6.07) is 2.03. The molecule has 0 saturated heterocycles. The first-order valence-corrected chi connectivity index (χ1v) is 7.02. The predicted molar refractivity (Wildman–Crippen MR) is 74.5 cm³/mol. The van der Waals surface area contributed by atoms with Gasteiger partial charge in [0, 0.05) is 12.1 Å². The average molecular weight is 282 g/mol. The predicted octanol–water partition coefficient (Wildman–Crippen LogP) is 3.44. The molecule has 110 valence electrons. The van der Waals surface area contributed by atoms with E-state index >= 15 is 0 Å². The molecule has 0 radical (unpaired) electrons. The Balaban J connectivity index is 2.16. The standard InChI is InChI=1S/C15H20F2N2O/c1-9-3-2-4-10(6-5-9)19-14-7-11(15(18)20)12(16)8-13(14)17/h7-10,19H,2-6H2,1H3,(H2,18,20). The third-order valence-electron chi connectivity index (χ3n) is 3.94. The van der Waals surface area contributed by atoms with Crippen LogP contribution in [0.25, 0.3) is 0 Å². The van der Waals surface area contributed by atoms with Crippen LogP contribution in [0.1, 0.15) is 49.4 Å². The molecule has 1 aromatic rings. The first-order chi connectivity index (χ1) is 9.47. The highest BCUT2D eigenvalue weighted by Gasteiger charge is 2.19. The van der Waals surface area contributed by atoms with Gasteiger partial charge in [0.15, 0.2) is 0 Å². The van der Waals surface area contributed by atoms with E-state index in [2.05, 4.69) is 12.2 Å². The van der Waals surface area contributed by atoms with Crippen molar-refractivity contribution in [3.63, 3.8) is 0 Å². The quantitative estimate of drug-likeness (QED) is 0.834. The van der Waals surface area contributed by atoms with E-state index in [4.69, 9.17) is 5.73 Å². The highest BCUT2D eigenvalue weighted by Crippen LogP contribution is 2.27. The van der Waals surface area contributed by atoms with Crippen LogP contribution in [0.5, 0.6) is 0 Å². The van der Waals surface area contributed by atoms with Crippen molar-refractivity contribution >= 4 is 11.6 Å². The second-order valence-corrected chi connectivity index (χ2v) is 5.63. The molecule has 0 spiro atoms. The van der Waals surface area contributed by atoms with Crippen LogP contribution < -0.4 is 11.1 Å². The van der Waals surface area contributed by atoms with Gasteiger partial charge in [-0.15, -0.1) is 0 Å². The maximum absolute atomic E-state index is 13.8. The molecule has 20 heavy (non-hydrogen) atoms. The van der Waals surface area contributed by atoms with Crippen molar-refractivity contribution in [1.29, 1.82) is 0 Å². The van der Waals surface area contributed by atoms with Gasteiger partial charge in [0.2, 0.25) is 0 Å². The van der Waals surface area contributed by atoms with Gasteiger partial charge in [-0.2, -0.15) is 0 Å². The molecule has 3 N–H and O–H groups in total. The van der Waals surface area contributed by atoms with Crippen molar-refractivity contribution in [3.05, 3.63) is 29.3 Å². The van der Waals surface area contributed by atoms with E-state index in [-0.39, 0.29) is 17.3 Å². The van der Waals surface area contributed by atoms with E-state index in [1.807, 2.05) is 0 Å². The van der Waals surface area contributed by atoms with Crippen LogP contribution in [0.3, 0.4) is 0 Å². The van der Waals surface area contributed by atoms with Gasteiger partial charge in [-0.25, -0.2) is 8.78 Å². The highest BCUT2D eigenvalue weighted by molar-refractivity contribution is 5.94. The Labute approximate surface area is 117 Å². The minimum Gasteiger partial charge on any atom is -0.380 e. The maximum Gasteiger partial charge on any atom is 0.251 e. The average Bonchev–Trinajstić information content (AvgIpc) is 2.57. The Morgan fingerprint density at radius 2 is 1.95 bits per heavy atom. The number of carbonyl (C=O) groups is 1. The Morgan fingerprint density at radius 3 is 2.65 bits per heavy atom. The lowest BCUT2D eigenvalue weighted by molar-refractivity contribution is 0.0996. The van der Waals surface area contributed by atoms with Crippen LogP contribution in [0.2, 0.25) is 0 Å². The summed E-state index contributed by atoms with van der Waals surface area (Å²) in [5.74, 6) is -1.82. The van der Waals surface area contributed by atoms with E-state index in [0.29, 0.717) is 12.0 Å². The van der Waals surface area contributed by atoms with Gasteiger partial charge < -0.3 is 11.1 Å². The first-order valence-electron chi connectivity index (χ1n) is 7.02. The molecule has 2 atom stereocenters. The van der Waals surface area contributed by atoms with E-state index in [1.54, 1.807) is 0 Å². The minimum absolute atomic E-state index is 0.153. The Bertz CT molecular complexity index is 505. The molecule has 0 aromatic heterocycles. The van der Waals surface area contributed by atoms with Crippen LogP contribution in [0.15, 0.2) is 12.1 Å². The van der Waals surface area contributed by atoms with Crippen molar-refractivity contribution in [2.45, 2.75) is 45.1 Å². The fraction of sp³-hybridized carbons (Fsp3) is 0.533. The molecule has 2 rings (SSSR count). The molecule has 0 heterocycles. The Hall–Kier alpha value is -1.65. The van der Waals surface area contributed by atoms with E-state index in [9.17, 15) is 13.6 Å². The van der Waals surface area contributed by atoms with Gasteiger partial charge in [-0.05, 0) is 31.2 Å². The Morgan fingerprint density at radius 1 is 1.20 bits per heavy atom. The molecular formula is C15H20F2N2O. The van der Waals surface area contributed by atoms with Crippen LogP contribution in [-0.2, 0) is 0 Å². The summed E-state index contributed by atoms with van der Waals surface area (Å²) in [6.07, 6.45) is 5.25. The molecule has 5 heteroatoms. The number of nitrogens with one attached hydrogen (secondary N) is 1. The van der Waals surface area contributed by atoms with Gasteiger partial charge >= 0.3 is 0 Å². The van der Waals surface area contributed by atoms with Gasteiger partial charge in [-0.1, -0.05) is 19.8 Å². The number of primary amides is 1. The third-order valence-corrected chi connectivity index (χ3v) is 3.94. The molecule has 1 aliphatic rings. The number of hydrogen-bond acceptors (Lipinski definition) is 2. The monoisotopic (exact) mass is 282 g/mol. The molecule has 0 aliphatic heterocycles. The fourth-order valence-electron chi connectivity index (χ4n) is 2.70. The summed E-state index contributed by atoms with van der Waals surface area (Å²) in [5.41, 5.74) is 4.95. The summed E-state index contributed by atoms with van der Waals surface area (Å²) in [6.45, 7) is 2.21. The molecule has 0 bridgehead atoms. The van der Waals surface area contributed by atoms with Gasteiger partial charge in [-0.3, -0.25) is 4.79 Å². The number of benzene rings is 1. The zero-order chi connectivity index (χ0) is 14.7. The van der Waals surface area contributed by atoms with Crippen molar-refractivity contribution in [3.8, 4) is 0 Å². The third kappa shape index (κ3) is 3.46. The summed E-state index contributed by atoms with van der Waals surface area (Å²) >= 11 is 0. The number of amides is 1. The lowest BCUT2D eigenvalue weighted by Gasteiger charge is -2.19. The number of carbonyl (C=O) groups excluding carboxylic acids is 1. The number of anilines is 1. The molecule has 1 aromatic carbocycles. The van der Waals surface area contributed by atoms with Gasteiger partial charge in [0.1, 0.15) is 11.6 Å². The molecule has 1 amide bonds. The van der Waals surface area contributed by atoms with Crippen molar-refractivity contribution in [2.75, 3.05) is 5.32 Å². The van der Waals surface area contributed by atoms with Gasteiger partial charge in [0.25, 0.3) is 5.91 Å². The SMILES string of the molecule is CC1CCCC(Nc2cc(C(N)=O)c(F)cc2F)CC1. The van der Waals surface area contributed by atoms with Crippen LogP contribution >= 0.6 is 0 Å². The highest BCUT2D eigenvalue weighted by atomic mass is 19.1. The second-order valence-electron chi connectivity index (χ2n) is 5.63. The second kappa shape index (κ2) is 6.20. The van der Waals surface area contributed by atoms with Crippen molar-refractivity contribution in [1.82, 2.24) is 0 Å². The number of nitrogens with two attached hydrogens (primary N) is 1. The fourth-order valence-corrected chi connectivity index (χ4v) is 2.70. The maximum atomic E-state index is 13.8. The zero-order valence-corrected chi connectivity index (χ0v) is 11.6. The molecule has 1 saturated carbocycles. The lowest BCUT2D eigenvalue weighted by atomic mass is 10.0. The minimum atomic E-state index is -0.921. The number of halogens is 2.